The molecule has 11 heavy (non-hydrogen) atoms. The minimum Gasteiger partial charge on any atom is -0.375 e. The van der Waals surface area contributed by atoms with Crippen LogP contribution in [0, 0.1) is 0 Å². The molecule has 1 heterocycles. The molecule has 0 aromatic carbocycles. The minimum absolute atomic E-state index is 0.0539. The van der Waals surface area contributed by atoms with Crippen molar-refractivity contribution in [2.45, 2.75) is 32.2 Å². The molecule has 0 amide bonds. The quantitative estimate of drug-likeness (QED) is 0.570. The zero-order valence-corrected chi connectivity index (χ0v) is 6.85. The van der Waals surface area contributed by atoms with E-state index in [4.69, 9.17) is 0 Å². The number of alkyl halides is 2. The zero-order chi connectivity index (χ0) is 8.48. The van der Waals surface area contributed by atoms with Gasteiger partial charge in [0, 0.05) is 31.3 Å². The lowest BCUT2D eigenvalue weighted by molar-refractivity contribution is 0.0233. The number of allylic oxidation sites excluding steroid dienone is 1. The van der Waals surface area contributed by atoms with Crippen molar-refractivity contribution in [2.24, 2.45) is 0 Å². The molecular weight excluding hydrogens is 148 g/mol. The number of hydrogen-bond donors (Lipinski definition) is 0. The first kappa shape index (κ1) is 8.50. The van der Waals surface area contributed by atoms with Crippen LogP contribution in [0.3, 0.4) is 0 Å². The maximum atomic E-state index is 12.5. The molecule has 0 aliphatic carbocycles. The molecule has 3 heteroatoms. The summed E-state index contributed by atoms with van der Waals surface area (Å²) < 4.78 is 25.1. The molecular formula is C8H13F2N. The Labute approximate surface area is 65.7 Å². The van der Waals surface area contributed by atoms with Crippen LogP contribution in [0.25, 0.3) is 0 Å². The van der Waals surface area contributed by atoms with Crippen LogP contribution in [0.1, 0.15) is 20.3 Å². The van der Waals surface area contributed by atoms with Crippen molar-refractivity contribution >= 4 is 0 Å². The predicted molar refractivity (Wildman–Crippen MR) is 40.5 cm³/mol. The van der Waals surface area contributed by atoms with Gasteiger partial charge in [-0.25, -0.2) is 8.78 Å². The average molecular weight is 161 g/mol. The van der Waals surface area contributed by atoms with Crippen LogP contribution in [0.4, 0.5) is 8.78 Å². The molecule has 1 rings (SSSR count). The normalized spacial score (nSPS) is 22.8. The zero-order valence-electron chi connectivity index (χ0n) is 6.85. The van der Waals surface area contributed by atoms with Crippen LogP contribution in [-0.2, 0) is 0 Å². The van der Waals surface area contributed by atoms with Crippen molar-refractivity contribution in [1.29, 1.82) is 0 Å². The molecule has 64 valence electrons. The van der Waals surface area contributed by atoms with Crippen molar-refractivity contribution in [3.05, 3.63) is 12.3 Å². The standard InChI is InChI=1S/C8H13F2N/c1-7(2)11-5-3-8(9,10)4-6-11/h3,5,7H,4,6H2,1-2H3. The largest absolute Gasteiger partial charge is 0.375 e. The first-order valence-electron chi connectivity index (χ1n) is 3.84. The van der Waals surface area contributed by atoms with E-state index in [9.17, 15) is 8.78 Å². The van der Waals surface area contributed by atoms with E-state index in [0.717, 1.165) is 6.08 Å². The lowest BCUT2D eigenvalue weighted by Gasteiger charge is -2.30. The summed E-state index contributed by atoms with van der Waals surface area (Å²) in [5.41, 5.74) is 0. The minimum atomic E-state index is -2.58. The Balaban J connectivity index is 2.56. The van der Waals surface area contributed by atoms with Crippen molar-refractivity contribution in [1.82, 2.24) is 4.90 Å². The average Bonchev–Trinajstić information content (AvgIpc) is 1.86. The van der Waals surface area contributed by atoms with Gasteiger partial charge in [0.15, 0.2) is 0 Å². The summed E-state index contributed by atoms with van der Waals surface area (Å²) in [6, 6.07) is 0.322. The van der Waals surface area contributed by atoms with Crippen molar-refractivity contribution in [3.63, 3.8) is 0 Å². The fourth-order valence-corrected chi connectivity index (χ4v) is 1.07. The maximum Gasteiger partial charge on any atom is 0.269 e. The summed E-state index contributed by atoms with van der Waals surface area (Å²) in [5, 5.41) is 0. The highest BCUT2D eigenvalue weighted by Crippen LogP contribution is 2.25. The molecule has 1 aliphatic rings. The monoisotopic (exact) mass is 161 g/mol. The van der Waals surface area contributed by atoms with Crippen molar-refractivity contribution in [2.75, 3.05) is 6.54 Å². The van der Waals surface area contributed by atoms with Gasteiger partial charge in [0.2, 0.25) is 0 Å². The number of nitrogens with zero attached hydrogens (tertiary/aromatic N) is 1. The topological polar surface area (TPSA) is 3.24 Å². The molecule has 0 N–H and O–H groups in total. The van der Waals surface area contributed by atoms with E-state index < -0.39 is 5.92 Å². The lowest BCUT2D eigenvalue weighted by Crippen LogP contribution is -2.34. The Hall–Kier alpha value is -0.600. The molecule has 0 fully saturated rings. The fourth-order valence-electron chi connectivity index (χ4n) is 1.07. The Bertz CT molecular complexity index is 163. The lowest BCUT2D eigenvalue weighted by atomic mass is 10.1. The summed E-state index contributed by atoms with van der Waals surface area (Å²) in [4.78, 5) is 1.91. The smallest absolute Gasteiger partial charge is 0.269 e. The van der Waals surface area contributed by atoms with E-state index in [1.54, 1.807) is 0 Å². The van der Waals surface area contributed by atoms with Gasteiger partial charge in [0.25, 0.3) is 5.92 Å². The molecule has 0 unspecified atom stereocenters. The molecule has 1 nitrogen and oxygen atoms in total. The van der Waals surface area contributed by atoms with Gasteiger partial charge in [-0.15, -0.1) is 0 Å². The van der Waals surface area contributed by atoms with E-state index in [1.165, 1.54) is 6.20 Å². The van der Waals surface area contributed by atoms with Gasteiger partial charge in [0.1, 0.15) is 0 Å². The SMILES string of the molecule is CC(C)N1C=CC(F)(F)CC1. The van der Waals surface area contributed by atoms with Gasteiger partial charge < -0.3 is 4.90 Å². The molecule has 0 radical (unpaired) electrons. The highest BCUT2D eigenvalue weighted by Gasteiger charge is 2.29. The second-order valence-corrected chi connectivity index (χ2v) is 3.16. The van der Waals surface area contributed by atoms with E-state index in [1.807, 2.05) is 18.7 Å². The van der Waals surface area contributed by atoms with E-state index in [0.29, 0.717) is 12.6 Å². The van der Waals surface area contributed by atoms with Crippen LogP contribution >= 0.6 is 0 Å². The third kappa shape index (κ3) is 2.17. The predicted octanol–water partition coefficient (Wildman–Crippen LogP) is 2.25. The summed E-state index contributed by atoms with van der Waals surface area (Å²) in [7, 11) is 0. The van der Waals surface area contributed by atoms with Crippen LogP contribution in [0.15, 0.2) is 12.3 Å². The van der Waals surface area contributed by atoms with Gasteiger partial charge in [-0.3, -0.25) is 0 Å². The molecule has 0 spiro atoms. The summed E-state index contributed by atoms with van der Waals surface area (Å²) in [6.07, 6.45) is 2.42. The third-order valence-corrected chi connectivity index (χ3v) is 1.88. The third-order valence-electron chi connectivity index (χ3n) is 1.88. The van der Waals surface area contributed by atoms with Gasteiger partial charge in [0.05, 0.1) is 0 Å². The van der Waals surface area contributed by atoms with Crippen LogP contribution in [-0.4, -0.2) is 23.4 Å². The maximum absolute atomic E-state index is 12.5. The first-order valence-corrected chi connectivity index (χ1v) is 3.84. The highest BCUT2D eigenvalue weighted by molar-refractivity contribution is 5.00. The Kier molecular flexibility index (Phi) is 2.16. The Morgan fingerprint density at radius 1 is 1.45 bits per heavy atom. The van der Waals surface area contributed by atoms with E-state index in [2.05, 4.69) is 0 Å². The highest BCUT2D eigenvalue weighted by atomic mass is 19.3. The molecule has 0 aromatic heterocycles. The second kappa shape index (κ2) is 2.80. The number of rotatable bonds is 1. The molecule has 1 aliphatic heterocycles. The Morgan fingerprint density at radius 2 is 2.09 bits per heavy atom. The molecule has 0 atom stereocenters. The molecule has 0 aromatic rings. The molecule has 0 saturated heterocycles. The number of halogens is 2. The van der Waals surface area contributed by atoms with Crippen LogP contribution in [0.5, 0.6) is 0 Å². The first-order chi connectivity index (χ1) is 5.01. The summed E-state index contributed by atoms with van der Waals surface area (Å²) in [6.45, 7) is 4.45. The van der Waals surface area contributed by atoms with Gasteiger partial charge in [-0.2, -0.15) is 0 Å². The van der Waals surface area contributed by atoms with E-state index >= 15 is 0 Å². The second-order valence-electron chi connectivity index (χ2n) is 3.16. The fraction of sp³-hybridized carbons (Fsp3) is 0.750. The van der Waals surface area contributed by atoms with Gasteiger partial charge in [-0.05, 0) is 13.8 Å². The molecule has 0 saturated carbocycles. The van der Waals surface area contributed by atoms with Crippen molar-refractivity contribution in [3.8, 4) is 0 Å². The van der Waals surface area contributed by atoms with Gasteiger partial charge >= 0.3 is 0 Å². The van der Waals surface area contributed by atoms with E-state index in [-0.39, 0.29) is 6.42 Å². The van der Waals surface area contributed by atoms with Crippen LogP contribution in [0.2, 0.25) is 0 Å². The Morgan fingerprint density at radius 3 is 2.45 bits per heavy atom. The van der Waals surface area contributed by atoms with Crippen LogP contribution < -0.4 is 0 Å². The number of hydrogen-bond acceptors (Lipinski definition) is 1. The molecule has 0 bridgehead atoms. The van der Waals surface area contributed by atoms with Gasteiger partial charge in [-0.1, -0.05) is 0 Å². The summed E-state index contributed by atoms with van der Waals surface area (Å²) >= 11 is 0. The van der Waals surface area contributed by atoms with Crippen molar-refractivity contribution < 1.29 is 8.78 Å². The summed E-state index contributed by atoms with van der Waals surface area (Å²) in [5.74, 6) is -2.58.